The van der Waals surface area contributed by atoms with Crippen molar-refractivity contribution in [3.63, 3.8) is 0 Å². The average Bonchev–Trinajstić information content (AvgIpc) is 2.29. The van der Waals surface area contributed by atoms with E-state index >= 15 is 0 Å². The molecule has 60 valence electrons. The van der Waals surface area contributed by atoms with Gasteiger partial charge in [-0.1, -0.05) is 11.6 Å². The lowest BCUT2D eigenvalue weighted by atomic mass is 9.79. The van der Waals surface area contributed by atoms with Gasteiger partial charge in [-0.25, -0.2) is 0 Å². The molecule has 0 aliphatic heterocycles. The van der Waals surface area contributed by atoms with Crippen LogP contribution >= 0.6 is 22.9 Å². The molecule has 1 saturated carbocycles. The molecule has 1 aliphatic rings. The Morgan fingerprint density at radius 3 is 2.73 bits per heavy atom. The summed E-state index contributed by atoms with van der Waals surface area (Å²) in [4.78, 5) is 0. The maximum atomic E-state index is 9.06. The highest BCUT2D eigenvalue weighted by molar-refractivity contribution is 7.14. The predicted molar refractivity (Wildman–Crippen MR) is 47.3 cm³/mol. The van der Waals surface area contributed by atoms with Crippen molar-refractivity contribution < 1.29 is 5.11 Å². The molecule has 0 spiro atoms. The first-order chi connectivity index (χ1) is 5.25. The van der Waals surface area contributed by atoms with Gasteiger partial charge in [-0.3, -0.25) is 0 Å². The normalized spacial score (nSPS) is 30.0. The number of aliphatic hydroxyl groups excluding tert-OH is 1. The molecular formula is C8H9ClOS. The van der Waals surface area contributed by atoms with Gasteiger partial charge in [0, 0.05) is 0 Å². The van der Waals surface area contributed by atoms with Crippen LogP contribution in [0.25, 0.3) is 0 Å². The summed E-state index contributed by atoms with van der Waals surface area (Å²) in [5, 5.41) is 11.1. The predicted octanol–water partition coefficient (Wildman–Crippen LogP) is 2.64. The molecule has 1 heterocycles. The number of hydrogen-bond donors (Lipinski definition) is 1. The highest BCUT2D eigenvalue weighted by Gasteiger charge is 2.28. The molecule has 0 saturated heterocycles. The van der Waals surface area contributed by atoms with Crippen molar-refractivity contribution in [1.82, 2.24) is 0 Å². The van der Waals surface area contributed by atoms with Gasteiger partial charge in [0.15, 0.2) is 0 Å². The zero-order valence-electron chi connectivity index (χ0n) is 5.96. The second kappa shape index (κ2) is 2.77. The standard InChI is InChI=1S/C8H9ClOS/c9-8-3-6(4-11-8)5-1-7(10)2-5/h3-5,7,10H,1-2H2. The second-order valence-corrected chi connectivity index (χ2v) is 4.55. The van der Waals surface area contributed by atoms with E-state index in [9.17, 15) is 0 Å². The van der Waals surface area contributed by atoms with Crippen molar-refractivity contribution in [2.45, 2.75) is 24.9 Å². The Bertz CT molecular complexity index is 252. The lowest BCUT2D eigenvalue weighted by Crippen LogP contribution is -2.25. The monoisotopic (exact) mass is 188 g/mol. The van der Waals surface area contributed by atoms with Gasteiger partial charge in [-0.05, 0) is 35.8 Å². The summed E-state index contributed by atoms with van der Waals surface area (Å²) in [6.45, 7) is 0. The highest BCUT2D eigenvalue weighted by Crippen LogP contribution is 2.39. The Morgan fingerprint density at radius 1 is 1.55 bits per heavy atom. The van der Waals surface area contributed by atoms with Crippen LogP contribution in [0.1, 0.15) is 24.3 Å². The van der Waals surface area contributed by atoms with E-state index in [4.69, 9.17) is 16.7 Å². The van der Waals surface area contributed by atoms with E-state index in [-0.39, 0.29) is 6.10 Å². The molecule has 0 atom stereocenters. The minimum atomic E-state index is -0.0707. The Labute approximate surface area is 74.6 Å². The lowest BCUT2D eigenvalue weighted by Gasteiger charge is -2.30. The first-order valence-electron chi connectivity index (χ1n) is 3.67. The fraction of sp³-hybridized carbons (Fsp3) is 0.500. The van der Waals surface area contributed by atoms with Crippen molar-refractivity contribution in [1.29, 1.82) is 0 Å². The molecule has 3 heteroatoms. The molecule has 0 unspecified atom stereocenters. The molecule has 0 aromatic carbocycles. The maximum absolute atomic E-state index is 9.06. The number of rotatable bonds is 1. The van der Waals surface area contributed by atoms with Gasteiger partial charge in [0.2, 0.25) is 0 Å². The van der Waals surface area contributed by atoms with Gasteiger partial charge in [-0.2, -0.15) is 0 Å². The third-order valence-electron chi connectivity index (χ3n) is 2.17. The van der Waals surface area contributed by atoms with Crippen LogP contribution in [0.3, 0.4) is 0 Å². The molecule has 0 amide bonds. The van der Waals surface area contributed by atoms with Crippen LogP contribution in [0.4, 0.5) is 0 Å². The summed E-state index contributed by atoms with van der Waals surface area (Å²) in [7, 11) is 0. The Hall–Kier alpha value is -0.0500. The summed E-state index contributed by atoms with van der Waals surface area (Å²) in [5.41, 5.74) is 1.30. The lowest BCUT2D eigenvalue weighted by molar-refractivity contribution is 0.0748. The highest BCUT2D eigenvalue weighted by atomic mass is 35.5. The van der Waals surface area contributed by atoms with Crippen molar-refractivity contribution in [3.8, 4) is 0 Å². The van der Waals surface area contributed by atoms with Crippen LogP contribution in [-0.2, 0) is 0 Å². The van der Waals surface area contributed by atoms with Gasteiger partial charge in [0.1, 0.15) is 0 Å². The van der Waals surface area contributed by atoms with Crippen LogP contribution < -0.4 is 0 Å². The minimum absolute atomic E-state index is 0.0707. The summed E-state index contributed by atoms with van der Waals surface area (Å²) < 4.78 is 0.849. The SMILES string of the molecule is OC1CC(c2csc(Cl)c2)C1. The fourth-order valence-corrected chi connectivity index (χ4v) is 2.37. The number of hydrogen-bond acceptors (Lipinski definition) is 2. The first kappa shape index (κ1) is 7.59. The molecule has 11 heavy (non-hydrogen) atoms. The largest absolute Gasteiger partial charge is 0.393 e. The van der Waals surface area contributed by atoms with Gasteiger partial charge in [0.05, 0.1) is 10.4 Å². The zero-order chi connectivity index (χ0) is 7.84. The zero-order valence-corrected chi connectivity index (χ0v) is 7.53. The van der Waals surface area contributed by atoms with Gasteiger partial charge >= 0.3 is 0 Å². The third kappa shape index (κ3) is 1.43. The smallest absolute Gasteiger partial charge is 0.0931 e. The van der Waals surface area contributed by atoms with Crippen LogP contribution in [0.5, 0.6) is 0 Å². The number of aliphatic hydroxyl groups is 1. The Kier molecular flexibility index (Phi) is 1.91. The van der Waals surface area contributed by atoms with Crippen molar-refractivity contribution >= 4 is 22.9 Å². The van der Waals surface area contributed by atoms with E-state index in [0.29, 0.717) is 5.92 Å². The molecule has 1 aromatic rings. The summed E-state index contributed by atoms with van der Waals surface area (Å²) >= 11 is 7.34. The van der Waals surface area contributed by atoms with Gasteiger partial charge in [0.25, 0.3) is 0 Å². The molecule has 1 N–H and O–H groups in total. The Morgan fingerprint density at radius 2 is 2.27 bits per heavy atom. The minimum Gasteiger partial charge on any atom is -0.393 e. The quantitative estimate of drug-likeness (QED) is 0.719. The first-order valence-corrected chi connectivity index (χ1v) is 4.93. The van der Waals surface area contributed by atoms with E-state index in [0.717, 1.165) is 17.2 Å². The number of thiophene rings is 1. The number of halogens is 1. The van der Waals surface area contributed by atoms with E-state index in [1.165, 1.54) is 5.56 Å². The molecular weight excluding hydrogens is 180 g/mol. The molecule has 2 rings (SSSR count). The second-order valence-electron chi connectivity index (χ2n) is 3.01. The third-order valence-corrected chi connectivity index (χ3v) is 3.28. The summed E-state index contributed by atoms with van der Waals surface area (Å²) in [5.74, 6) is 0.564. The molecule has 1 aromatic heterocycles. The molecule has 0 bridgehead atoms. The summed E-state index contributed by atoms with van der Waals surface area (Å²) in [6, 6.07) is 2.00. The fourth-order valence-electron chi connectivity index (χ4n) is 1.40. The van der Waals surface area contributed by atoms with Crippen molar-refractivity contribution in [2.24, 2.45) is 0 Å². The van der Waals surface area contributed by atoms with Crippen LogP contribution in [0.15, 0.2) is 11.4 Å². The van der Waals surface area contributed by atoms with Crippen molar-refractivity contribution in [2.75, 3.05) is 0 Å². The van der Waals surface area contributed by atoms with E-state index in [1.807, 2.05) is 6.07 Å². The van der Waals surface area contributed by atoms with Crippen LogP contribution in [0, 0.1) is 0 Å². The van der Waals surface area contributed by atoms with E-state index < -0.39 is 0 Å². The van der Waals surface area contributed by atoms with E-state index in [2.05, 4.69) is 5.38 Å². The maximum Gasteiger partial charge on any atom is 0.0931 e. The molecule has 0 radical (unpaired) electrons. The summed E-state index contributed by atoms with van der Waals surface area (Å²) in [6.07, 6.45) is 1.75. The Balaban J connectivity index is 2.07. The van der Waals surface area contributed by atoms with Gasteiger partial charge < -0.3 is 5.11 Å². The average molecular weight is 189 g/mol. The van der Waals surface area contributed by atoms with Crippen LogP contribution in [-0.4, -0.2) is 11.2 Å². The van der Waals surface area contributed by atoms with Crippen molar-refractivity contribution in [3.05, 3.63) is 21.3 Å². The van der Waals surface area contributed by atoms with Crippen LogP contribution in [0.2, 0.25) is 4.34 Å². The molecule has 1 aliphatic carbocycles. The molecule has 1 nitrogen and oxygen atoms in total. The topological polar surface area (TPSA) is 20.2 Å². The van der Waals surface area contributed by atoms with Gasteiger partial charge in [-0.15, -0.1) is 11.3 Å². The molecule has 1 fully saturated rings. The van der Waals surface area contributed by atoms with E-state index in [1.54, 1.807) is 11.3 Å².